The second-order valence-electron chi connectivity index (χ2n) is 7.39. The summed E-state index contributed by atoms with van der Waals surface area (Å²) in [6, 6.07) is 3.58. The fraction of sp³-hybridized carbons (Fsp3) is 0.333. The van der Waals surface area contributed by atoms with Crippen molar-refractivity contribution in [2.24, 2.45) is 0 Å². The number of pyridine rings is 1. The molecule has 0 unspecified atom stereocenters. The molecular formula is C21H22F2N2O4S. The van der Waals surface area contributed by atoms with Crippen molar-refractivity contribution in [3.8, 4) is 0 Å². The van der Waals surface area contributed by atoms with Crippen molar-refractivity contribution in [1.82, 2.24) is 9.55 Å². The van der Waals surface area contributed by atoms with Crippen LogP contribution in [-0.4, -0.2) is 40.7 Å². The highest BCUT2D eigenvalue weighted by Crippen LogP contribution is 2.39. The Morgan fingerprint density at radius 1 is 1.43 bits per heavy atom. The van der Waals surface area contributed by atoms with Crippen molar-refractivity contribution in [1.29, 1.82) is 0 Å². The Bertz CT molecular complexity index is 1210. The van der Waals surface area contributed by atoms with Gasteiger partial charge in [0.25, 0.3) is 5.92 Å². The topological polar surface area (TPSA) is 89.3 Å². The van der Waals surface area contributed by atoms with Gasteiger partial charge in [0.2, 0.25) is 0 Å². The monoisotopic (exact) mass is 436 g/mol. The van der Waals surface area contributed by atoms with Gasteiger partial charge >= 0.3 is 5.97 Å². The minimum atomic E-state index is -3.81. The van der Waals surface area contributed by atoms with E-state index in [1.165, 1.54) is 12.2 Å². The van der Waals surface area contributed by atoms with E-state index in [4.69, 9.17) is 0 Å². The molecule has 1 aliphatic rings. The van der Waals surface area contributed by atoms with Crippen LogP contribution in [0.4, 0.5) is 8.78 Å². The van der Waals surface area contributed by atoms with E-state index in [1.807, 2.05) is 6.07 Å². The Morgan fingerprint density at radius 3 is 2.80 bits per heavy atom. The second kappa shape index (κ2) is 7.79. The lowest BCUT2D eigenvalue weighted by Crippen LogP contribution is -2.32. The summed E-state index contributed by atoms with van der Waals surface area (Å²) in [5, 5.41) is 9.98. The summed E-state index contributed by atoms with van der Waals surface area (Å²) in [5.41, 5.74) is 2.16. The molecule has 3 rings (SSSR count). The van der Waals surface area contributed by atoms with E-state index in [0.29, 0.717) is 12.1 Å². The first-order chi connectivity index (χ1) is 13.9. The average Bonchev–Trinajstić information content (AvgIpc) is 2.91. The number of carboxylic acids is 1. The van der Waals surface area contributed by atoms with Crippen LogP contribution in [0.15, 0.2) is 53.1 Å². The van der Waals surface area contributed by atoms with Crippen molar-refractivity contribution in [3.05, 3.63) is 64.4 Å². The molecular weight excluding hydrogens is 414 g/mol. The van der Waals surface area contributed by atoms with Gasteiger partial charge in [-0.3, -0.25) is 4.79 Å². The predicted octanol–water partition coefficient (Wildman–Crippen LogP) is 3.81. The van der Waals surface area contributed by atoms with E-state index in [0.717, 1.165) is 22.2 Å². The molecule has 3 heterocycles. The average molecular weight is 436 g/mol. The molecule has 0 bridgehead atoms. The standard InChI is InChI=1S/C21H22F2N2O4S/c1-13(6-7-18-14(2)21(22,23)8-10-30(18,28)29)11-17-15(3)25(12-19(26)27)20-16(17)5-4-9-24-20/h4-7,9H,2,8,10-12H2,1,3H3,(H,26,27)/b13-6+,18-7+. The normalized spacial score (nSPS) is 20.1. The quantitative estimate of drug-likeness (QED) is 0.770. The molecule has 1 saturated heterocycles. The van der Waals surface area contributed by atoms with E-state index >= 15 is 0 Å². The van der Waals surface area contributed by atoms with Gasteiger partial charge in [-0.1, -0.05) is 18.2 Å². The Hall–Kier alpha value is -2.81. The molecule has 0 aliphatic carbocycles. The number of rotatable bonds is 5. The third-order valence-electron chi connectivity index (χ3n) is 5.24. The molecule has 2 aromatic rings. The van der Waals surface area contributed by atoms with Gasteiger partial charge in [-0.25, -0.2) is 22.2 Å². The number of hydrogen-bond acceptors (Lipinski definition) is 4. The predicted molar refractivity (Wildman–Crippen MR) is 110 cm³/mol. The molecule has 0 atom stereocenters. The Labute approximate surface area is 173 Å². The minimum absolute atomic E-state index is 0.237. The first-order valence-corrected chi connectivity index (χ1v) is 10.9. The van der Waals surface area contributed by atoms with E-state index in [9.17, 15) is 27.1 Å². The fourth-order valence-electron chi connectivity index (χ4n) is 3.57. The number of nitrogens with zero attached hydrogens (tertiary/aromatic N) is 2. The van der Waals surface area contributed by atoms with Crippen LogP contribution in [0.5, 0.6) is 0 Å². The zero-order valence-electron chi connectivity index (χ0n) is 16.7. The zero-order chi connectivity index (χ0) is 22.3. The van der Waals surface area contributed by atoms with Gasteiger partial charge in [0.05, 0.1) is 10.7 Å². The van der Waals surface area contributed by atoms with Crippen molar-refractivity contribution in [2.75, 3.05) is 5.75 Å². The van der Waals surface area contributed by atoms with Crippen LogP contribution in [0.1, 0.15) is 24.6 Å². The number of aliphatic carboxylic acids is 1. The van der Waals surface area contributed by atoms with Crippen LogP contribution in [-0.2, 0) is 27.6 Å². The lowest BCUT2D eigenvalue weighted by Gasteiger charge is -2.26. The first-order valence-electron chi connectivity index (χ1n) is 9.26. The van der Waals surface area contributed by atoms with Crippen LogP contribution >= 0.6 is 0 Å². The fourth-order valence-corrected chi connectivity index (χ4v) is 5.11. The molecule has 0 radical (unpaired) electrons. The molecule has 1 aliphatic heterocycles. The van der Waals surface area contributed by atoms with Crippen LogP contribution in [0.2, 0.25) is 0 Å². The van der Waals surface area contributed by atoms with Crippen molar-refractivity contribution < 1.29 is 27.1 Å². The highest BCUT2D eigenvalue weighted by Gasteiger charge is 2.44. The number of carboxylic acid groups (broad SMARTS) is 1. The molecule has 0 aromatic carbocycles. The van der Waals surface area contributed by atoms with Crippen molar-refractivity contribution >= 4 is 26.8 Å². The number of aromatic nitrogens is 2. The molecule has 0 amide bonds. The highest BCUT2D eigenvalue weighted by molar-refractivity contribution is 7.95. The number of alkyl halides is 2. The number of allylic oxidation sites excluding steroid dienone is 4. The maximum atomic E-state index is 13.9. The molecule has 2 aromatic heterocycles. The summed E-state index contributed by atoms with van der Waals surface area (Å²) in [4.78, 5) is 15.1. The van der Waals surface area contributed by atoms with E-state index in [2.05, 4.69) is 11.6 Å². The molecule has 30 heavy (non-hydrogen) atoms. The Balaban J connectivity index is 1.99. The van der Waals surface area contributed by atoms with Gasteiger partial charge in [-0.15, -0.1) is 0 Å². The third kappa shape index (κ3) is 4.07. The second-order valence-corrected chi connectivity index (χ2v) is 9.47. The summed E-state index contributed by atoms with van der Waals surface area (Å²) >= 11 is 0. The third-order valence-corrected chi connectivity index (χ3v) is 7.03. The molecule has 1 N–H and O–H groups in total. The highest BCUT2D eigenvalue weighted by atomic mass is 32.2. The van der Waals surface area contributed by atoms with Gasteiger partial charge in [0.1, 0.15) is 12.2 Å². The number of carbonyl (C=O) groups is 1. The number of hydrogen-bond donors (Lipinski definition) is 1. The number of fused-ring (bicyclic) bond motifs is 1. The van der Waals surface area contributed by atoms with E-state index in [1.54, 1.807) is 30.7 Å². The van der Waals surface area contributed by atoms with Crippen LogP contribution in [0.25, 0.3) is 11.0 Å². The van der Waals surface area contributed by atoms with Crippen LogP contribution in [0.3, 0.4) is 0 Å². The number of halogens is 2. The summed E-state index contributed by atoms with van der Waals surface area (Å²) in [5.74, 6) is -4.86. The van der Waals surface area contributed by atoms with Gasteiger partial charge < -0.3 is 9.67 Å². The molecule has 160 valence electrons. The maximum Gasteiger partial charge on any atom is 0.323 e. The smallest absolute Gasteiger partial charge is 0.323 e. The zero-order valence-corrected chi connectivity index (χ0v) is 17.5. The van der Waals surface area contributed by atoms with Crippen LogP contribution in [0, 0.1) is 6.92 Å². The van der Waals surface area contributed by atoms with E-state index < -0.39 is 44.4 Å². The summed E-state index contributed by atoms with van der Waals surface area (Å²) in [6.45, 7) is 6.61. The molecule has 6 nitrogen and oxygen atoms in total. The van der Waals surface area contributed by atoms with Gasteiger partial charge in [-0.05, 0) is 44.0 Å². The van der Waals surface area contributed by atoms with Crippen molar-refractivity contribution in [3.63, 3.8) is 0 Å². The lowest BCUT2D eigenvalue weighted by atomic mass is 10.0. The summed E-state index contributed by atoms with van der Waals surface area (Å²) < 4.78 is 53.9. The van der Waals surface area contributed by atoms with Gasteiger partial charge in [-0.2, -0.15) is 0 Å². The number of sulfone groups is 1. The minimum Gasteiger partial charge on any atom is -0.480 e. The van der Waals surface area contributed by atoms with Crippen LogP contribution < -0.4 is 0 Å². The molecule has 9 heteroatoms. The van der Waals surface area contributed by atoms with Gasteiger partial charge in [0, 0.05) is 29.3 Å². The van der Waals surface area contributed by atoms with E-state index in [-0.39, 0.29) is 6.54 Å². The summed E-state index contributed by atoms with van der Waals surface area (Å²) in [6.07, 6.45) is 3.88. The first kappa shape index (κ1) is 21.9. The Morgan fingerprint density at radius 2 is 2.13 bits per heavy atom. The molecule has 1 fully saturated rings. The molecule has 0 saturated carbocycles. The largest absolute Gasteiger partial charge is 0.480 e. The van der Waals surface area contributed by atoms with Crippen molar-refractivity contribution in [2.45, 2.75) is 39.2 Å². The summed E-state index contributed by atoms with van der Waals surface area (Å²) in [7, 11) is -3.81. The molecule has 0 spiro atoms. The Kier molecular flexibility index (Phi) is 5.68. The van der Waals surface area contributed by atoms with Gasteiger partial charge in [0.15, 0.2) is 9.84 Å². The SMILES string of the molecule is C=C1/C(=C\C=C(/C)Cc2c(C)n(CC(=O)O)c3ncccc23)S(=O)(=O)CCC1(F)F. The lowest BCUT2D eigenvalue weighted by molar-refractivity contribution is -0.137. The maximum absolute atomic E-state index is 13.9.